The van der Waals surface area contributed by atoms with E-state index in [-0.39, 0.29) is 31.6 Å². The summed E-state index contributed by atoms with van der Waals surface area (Å²) >= 11 is 6.07. The van der Waals surface area contributed by atoms with Crippen LogP contribution in [0.2, 0.25) is 5.02 Å². The maximum atomic E-state index is 14.4. The predicted octanol–water partition coefficient (Wildman–Crippen LogP) is 3.12. The van der Waals surface area contributed by atoms with Crippen molar-refractivity contribution in [3.63, 3.8) is 0 Å². The van der Waals surface area contributed by atoms with E-state index >= 15 is 0 Å². The Hall–Kier alpha value is -2.68. The van der Waals surface area contributed by atoms with Crippen LogP contribution in [-0.2, 0) is 23.9 Å². The van der Waals surface area contributed by atoms with E-state index in [0.717, 1.165) is 0 Å². The number of likely N-dealkylation sites (tertiary alicyclic amines) is 1. The highest BCUT2D eigenvalue weighted by Gasteiger charge is 2.79. The summed E-state index contributed by atoms with van der Waals surface area (Å²) in [6, 6.07) is 5.20. The molecule has 8 nitrogen and oxygen atoms in total. The number of benzene rings is 1. The summed E-state index contributed by atoms with van der Waals surface area (Å²) in [5.74, 6) is -3.02. The molecule has 3 aliphatic heterocycles. The van der Waals surface area contributed by atoms with Gasteiger partial charge < -0.3 is 24.4 Å². The zero-order chi connectivity index (χ0) is 26.3. The quantitative estimate of drug-likeness (QED) is 0.379. The van der Waals surface area contributed by atoms with Crippen molar-refractivity contribution in [2.75, 3.05) is 24.7 Å². The summed E-state index contributed by atoms with van der Waals surface area (Å²) in [6.45, 7) is 10.9. The lowest BCUT2D eigenvalue weighted by Gasteiger charge is -2.39. The first kappa shape index (κ1) is 26.4. The molecular weight excluding hydrogens is 484 g/mol. The van der Waals surface area contributed by atoms with E-state index in [1.807, 2.05) is 13.8 Å². The van der Waals surface area contributed by atoms with Crippen LogP contribution in [0.25, 0.3) is 0 Å². The van der Waals surface area contributed by atoms with E-state index in [4.69, 9.17) is 21.1 Å². The first-order valence-electron chi connectivity index (χ1n) is 12.3. The molecule has 2 amide bonds. The van der Waals surface area contributed by atoms with E-state index in [1.165, 1.54) is 15.9 Å². The summed E-state index contributed by atoms with van der Waals surface area (Å²) < 4.78 is 12.0. The SMILES string of the molecule is C=CCOC(=O)[C@@H]1[C@H]2C(=O)N([C@@H](CC)CO)C(C(=O)N(CC=C)c3ccc(Cl)cc3)C23CC[C@@]1(C)O3. The summed E-state index contributed by atoms with van der Waals surface area (Å²) in [4.78, 5) is 44.6. The highest BCUT2D eigenvalue weighted by atomic mass is 35.5. The molecule has 3 fully saturated rings. The van der Waals surface area contributed by atoms with Gasteiger partial charge >= 0.3 is 5.97 Å². The van der Waals surface area contributed by atoms with Gasteiger partial charge in [0, 0.05) is 17.3 Å². The normalized spacial score (nSPS) is 31.2. The molecule has 9 heteroatoms. The number of aliphatic hydroxyl groups is 1. The Morgan fingerprint density at radius 3 is 2.58 bits per heavy atom. The van der Waals surface area contributed by atoms with Gasteiger partial charge in [0.2, 0.25) is 5.91 Å². The van der Waals surface area contributed by atoms with Crippen molar-refractivity contribution < 1.29 is 29.0 Å². The molecule has 1 N–H and O–H groups in total. The number of fused-ring (bicyclic) bond motifs is 1. The van der Waals surface area contributed by atoms with Gasteiger partial charge in [0.05, 0.1) is 24.2 Å². The van der Waals surface area contributed by atoms with Crippen LogP contribution in [0.3, 0.4) is 0 Å². The summed E-state index contributed by atoms with van der Waals surface area (Å²) in [5, 5.41) is 10.7. The Balaban J connectivity index is 1.82. The van der Waals surface area contributed by atoms with Gasteiger partial charge in [0.25, 0.3) is 5.91 Å². The van der Waals surface area contributed by atoms with Crippen LogP contribution in [-0.4, -0.2) is 70.8 Å². The van der Waals surface area contributed by atoms with Crippen LogP contribution < -0.4 is 4.90 Å². The number of ether oxygens (including phenoxy) is 2. The van der Waals surface area contributed by atoms with Crippen molar-refractivity contribution in [2.45, 2.75) is 56.4 Å². The van der Waals surface area contributed by atoms with Gasteiger partial charge in [-0.15, -0.1) is 6.58 Å². The van der Waals surface area contributed by atoms with Gasteiger partial charge in [0.1, 0.15) is 24.2 Å². The first-order chi connectivity index (χ1) is 17.2. The van der Waals surface area contributed by atoms with Crippen LogP contribution >= 0.6 is 11.6 Å². The zero-order valence-electron chi connectivity index (χ0n) is 20.7. The standard InChI is InChI=1S/C27H33ClN2O6/c1-5-14-29(19-10-8-17(28)9-11-19)24(33)22-27-13-12-26(4,36-27)21(25(34)35-15-6-2)20(27)23(32)30(22)18(7-3)16-31/h5-6,8-11,18,20-22,31H,1-2,7,12-16H2,3-4H3/t18-,20-,21-,22?,26+,27?/m0/s1. The molecule has 0 radical (unpaired) electrons. The third kappa shape index (κ3) is 3.96. The fraction of sp³-hybridized carbons (Fsp3) is 0.519. The average molecular weight is 517 g/mol. The van der Waals surface area contributed by atoms with Crippen molar-refractivity contribution in [2.24, 2.45) is 11.8 Å². The number of rotatable bonds is 10. The number of hydrogen-bond donors (Lipinski definition) is 1. The number of anilines is 1. The fourth-order valence-electron chi connectivity index (χ4n) is 6.26. The zero-order valence-corrected chi connectivity index (χ0v) is 21.4. The molecule has 0 saturated carbocycles. The lowest BCUT2D eigenvalue weighted by Crippen LogP contribution is -2.59. The second-order valence-electron chi connectivity index (χ2n) is 9.85. The Morgan fingerprint density at radius 2 is 2.00 bits per heavy atom. The van der Waals surface area contributed by atoms with E-state index in [1.54, 1.807) is 30.3 Å². The average Bonchev–Trinajstić information content (AvgIpc) is 3.43. The summed E-state index contributed by atoms with van der Waals surface area (Å²) in [6.07, 6.45) is 4.44. The number of carbonyl (C=O) groups excluding carboxylic acids is 3. The minimum absolute atomic E-state index is 0.0172. The lowest BCUT2D eigenvalue weighted by molar-refractivity contribution is -0.159. The molecule has 0 aliphatic carbocycles. The number of carbonyl (C=O) groups is 3. The van der Waals surface area contributed by atoms with Crippen molar-refractivity contribution in [3.05, 3.63) is 54.6 Å². The number of halogens is 1. The molecule has 3 aliphatic rings. The molecule has 2 bridgehead atoms. The second-order valence-corrected chi connectivity index (χ2v) is 10.3. The molecule has 4 rings (SSSR count). The molecule has 1 aromatic carbocycles. The van der Waals surface area contributed by atoms with E-state index in [0.29, 0.717) is 30.0 Å². The summed E-state index contributed by atoms with van der Waals surface area (Å²) in [7, 11) is 0. The van der Waals surface area contributed by atoms with E-state index < -0.39 is 41.1 Å². The second kappa shape index (κ2) is 10.00. The Bertz CT molecular complexity index is 1060. The molecule has 0 aromatic heterocycles. The van der Waals surface area contributed by atoms with Gasteiger partial charge in [-0.25, -0.2) is 0 Å². The van der Waals surface area contributed by atoms with E-state index in [2.05, 4.69) is 13.2 Å². The third-order valence-corrected chi connectivity index (χ3v) is 8.09. The molecule has 36 heavy (non-hydrogen) atoms. The molecule has 1 spiro atoms. The highest BCUT2D eigenvalue weighted by Crippen LogP contribution is 2.63. The predicted molar refractivity (Wildman–Crippen MR) is 135 cm³/mol. The molecule has 2 unspecified atom stereocenters. The van der Waals surface area contributed by atoms with Crippen LogP contribution in [0, 0.1) is 11.8 Å². The van der Waals surface area contributed by atoms with Crippen LogP contribution in [0.15, 0.2) is 49.6 Å². The molecule has 3 saturated heterocycles. The Kier molecular flexibility index (Phi) is 7.33. The molecule has 6 atom stereocenters. The van der Waals surface area contributed by atoms with Crippen molar-refractivity contribution in [3.8, 4) is 0 Å². The molecular formula is C27H33ClN2O6. The Labute approximate surface area is 216 Å². The topological polar surface area (TPSA) is 96.4 Å². The van der Waals surface area contributed by atoms with Crippen molar-refractivity contribution in [1.29, 1.82) is 0 Å². The maximum absolute atomic E-state index is 14.4. The minimum Gasteiger partial charge on any atom is -0.461 e. The minimum atomic E-state index is -1.21. The number of nitrogens with zero attached hydrogens (tertiary/aromatic N) is 2. The maximum Gasteiger partial charge on any atom is 0.313 e. The third-order valence-electron chi connectivity index (χ3n) is 7.84. The van der Waals surface area contributed by atoms with Crippen molar-refractivity contribution in [1.82, 2.24) is 4.90 Å². The van der Waals surface area contributed by atoms with Gasteiger partial charge in [-0.2, -0.15) is 0 Å². The monoisotopic (exact) mass is 516 g/mol. The number of aliphatic hydroxyl groups excluding tert-OH is 1. The van der Waals surface area contributed by atoms with Gasteiger partial charge in [-0.1, -0.05) is 37.3 Å². The smallest absolute Gasteiger partial charge is 0.313 e. The molecule has 194 valence electrons. The highest BCUT2D eigenvalue weighted by molar-refractivity contribution is 6.30. The van der Waals surface area contributed by atoms with E-state index in [9.17, 15) is 19.5 Å². The molecule has 1 aromatic rings. The largest absolute Gasteiger partial charge is 0.461 e. The number of amides is 2. The van der Waals surface area contributed by atoms with Crippen molar-refractivity contribution >= 4 is 35.1 Å². The Morgan fingerprint density at radius 1 is 1.31 bits per heavy atom. The number of hydrogen-bond acceptors (Lipinski definition) is 6. The molecule has 3 heterocycles. The van der Waals surface area contributed by atoms with Gasteiger partial charge in [-0.3, -0.25) is 14.4 Å². The number of esters is 1. The van der Waals surface area contributed by atoms with Crippen LogP contribution in [0.5, 0.6) is 0 Å². The van der Waals surface area contributed by atoms with Crippen LogP contribution in [0.4, 0.5) is 5.69 Å². The first-order valence-corrected chi connectivity index (χ1v) is 12.7. The van der Waals surface area contributed by atoms with Gasteiger partial charge in [0.15, 0.2) is 0 Å². The lowest BCUT2D eigenvalue weighted by atomic mass is 9.66. The van der Waals surface area contributed by atoms with Crippen LogP contribution in [0.1, 0.15) is 33.1 Å². The summed E-state index contributed by atoms with van der Waals surface area (Å²) in [5.41, 5.74) is -1.56. The van der Waals surface area contributed by atoms with Gasteiger partial charge in [-0.05, 0) is 50.5 Å². The fourth-order valence-corrected chi connectivity index (χ4v) is 6.38.